The van der Waals surface area contributed by atoms with Crippen LogP contribution in [0.15, 0.2) is 24.3 Å². The highest BCUT2D eigenvalue weighted by Gasteiger charge is 2.32. The third-order valence-electron chi connectivity index (χ3n) is 2.45. The van der Waals surface area contributed by atoms with E-state index in [0.29, 0.717) is 5.75 Å². The molecule has 0 saturated heterocycles. The van der Waals surface area contributed by atoms with Gasteiger partial charge in [-0.05, 0) is 45.0 Å². The Labute approximate surface area is 110 Å². The van der Waals surface area contributed by atoms with E-state index in [1.54, 1.807) is 0 Å². The van der Waals surface area contributed by atoms with E-state index in [1.165, 1.54) is 45.0 Å². The standard InChI is InChI=1S/C13H16FNO4/c1-8(11(16)17)15-12(18)13(2,3)19-10-6-4-9(14)5-7-10/h4-8H,1-3H3,(H,15,18)(H,16,17)/t8-/m0/s1. The van der Waals surface area contributed by atoms with E-state index in [4.69, 9.17) is 9.84 Å². The lowest BCUT2D eigenvalue weighted by molar-refractivity contribution is -0.144. The SMILES string of the molecule is C[C@H](NC(=O)C(C)(C)Oc1ccc(F)cc1)C(=O)O. The molecular formula is C13H16FNO4. The van der Waals surface area contributed by atoms with E-state index >= 15 is 0 Å². The summed E-state index contributed by atoms with van der Waals surface area (Å²) in [5, 5.41) is 11.0. The van der Waals surface area contributed by atoms with Crippen LogP contribution in [-0.2, 0) is 9.59 Å². The minimum absolute atomic E-state index is 0.324. The summed E-state index contributed by atoms with van der Waals surface area (Å²) >= 11 is 0. The zero-order valence-electron chi connectivity index (χ0n) is 10.9. The summed E-state index contributed by atoms with van der Waals surface area (Å²) in [7, 11) is 0. The van der Waals surface area contributed by atoms with Crippen LogP contribution in [0.5, 0.6) is 5.75 Å². The smallest absolute Gasteiger partial charge is 0.325 e. The van der Waals surface area contributed by atoms with Gasteiger partial charge in [-0.2, -0.15) is 0 Å². The number of benzene rings is 1. The average Bonchev–Trinajstić information content (AvgIpc) is 2.31. The summed E-state index contributed by atoms with van der Waals surface area (Å²) in [6, 6.07) is 4.20. The van der Waals surface area contributed by atoms with Crippen LogP contribution in [-0.4, -0.2) is 28.6 Å². The number of ether oxygens (including phenoxy) is 1. The van der Waals surface area contributed by atoms with Crippen LogP contribution in [0, 0.1) is 5.82 Å². The molecule has 0 aliphatic heterocycles. The Balaban J connectivity index is 2.72. The molecule has 1 aromatic carbocycles. The number of carbonyl (C=O) groups excluding carboxylic acids is 1. The Bertz CT molecular complexity index is 470. The van der Waals surface area contributed by atoms with Crippen LogP contribution in [0.4, 0.5) is 4.39 Å². The molecule has 5 nitrogen and oxygen atoms in total. The fourth-order valence-corrected chi connectivity index (χ4v) is 1.28. The molecule has 2 N–H and O–H groups in total. The first-order valence-electron chi connectivity index (χ1n) is 5.71. The number of hydrogen-bond acceptors (Lipinski definition) is 3. The highest BCUT2D eigenvalue weighted by Crippen LogP contribution is 2.19. The van der Waals surface area contributed by atoms with Gasteiger partial charge in [-0.3, -0.25) is 9.59 Å². The molecule has 19 heavy (non-hydrogen) atoms. The van der Waals surface area contributed by atoms with Crippen molar-refractivity contribution < 1.29 is 23.8 Å². The molecule has 0 aliphatic rings. The van der Waals surface area contributed by atoms with Crippen LogP contribution in [0.2, 0.25) is 0 Å². The normalized spacial score (nSPS) is 12.6. The van der Waals surface area contributed by atoms with Gasteiger partial charge in [0.1, 0.15) is 17.6 Å². The Morgan fingerprint density at radius 3 is 2.32 bits per heavy atom. The Kier molecular flexibility index (Phi) is 4.47. The molecule has 1 amide bonds. The number of nitrogens with one attached hydrogen (secondary N) is 1. The molecular weight excluding hydrogens is 253 g/mol. The molecule has 6 heteroatoms. The first-order chi connectivity index (χ1) is 8.72. The molecule has 1 rings (SSSR count). The predicted octanol–water partition coefficient (Wildman–Crippen LogP) is 1.57. The largest absolute Gasteiger partial charge is 0.480 e. The Morgan fingerprint density at radius 2 is 1.84 bits per heavy atom. The molecule has 1 atom stereocenters. The van der Waals surface area contributed by atoms with Crippen molar-refractivity contribution in [1.82, 2.24) is 5.32 Å². The number of carboxylic acids is 1. The highest BCUT2D eigenvalue weighted by molar-refractivity contribution is 5.88. The third-order valence-corrected chi connectivity index (χ3v) is 2.45. The van der Waals surface area contributed by atoms with Gasteiger partial charge in [-0.15, -0.1) is 0 Å². The second-order valence-electron chi connectivity index (χ2n) is 4.60. The average molecular weight is 269 g/mol. The number of aliphatic carboxylic acids is 1. The van der Waals surface area contributed by atoms with Crippen molar-refractivity contribution in [2.75, 3.05) is 0 Å². The molecule has 0 aliphatic carbocycles. The number of carboxylic acid groups (broad SMARTS) is 1. The molecule has 0 fully saturated rings. The molecule has 104 valence electrons. The summed E-state index contributed by atoms with van der Waals surface area (Å²) < 4.78 is 18.2. The molecule has 0 unspecified atom stereocenters. The maximum atomic E-state index is 12.7. The molecule has 1 aromatic rings. The van der Waals surface area contributed by atoms with Gasteiger partial charge in [0.25, 0.3) is 5.91 Å². The number of amides is 1. The van der Waals surface area contributed by atoms with Gasteiger partial charge in [-0.25, -0.2) is 4.39 Å². The van der Waals surface area contributed by atoms with Gasteiger partial charge < -0.3 is 15.2 Å². The fraction of sp³-hybridized carbons (Fsp3) is 0.385. The van der Waals surface area contributed by atoms with E-state index < -0.39 is 29.3 Å². The Hall–Kier alpha value is -2.11. The minimum atomic E-state index is -1.26. The van der Waals surface area contributed by atoms with Gasteiger partial charge in [0, 0.05) is 0 Å². The lowest BCUT2D eigenvalue weighted by Gasteiger charge is -2.26. The van der Waals surface area contributed by atoms with Gasteiger partial charge in [0.05, 0.1) is 0 Å². The van der Waals surface area contributed by atoms with Crippen molar-refractivity contribution in [1.29, 1.82) is 0 Å². The van der Waals surface area contributed by atoms with Gasteiger partial charge in [-0.1, -0.05) is 0 Å². The summed E-state index contributed by atoms with van der Waals surface area (Å²) in [6.07, 6.45) is 0. The van der Waals surface area contributed by atoms with Crippen molar-refractivity contribution >= 4 is 11.9 Å². The van der Waals surface area contributed by atoms with E-state index in [1.807, 2.05) is 0 Å². The molecule has 0 heterocycles. The topological polar surface area (TPSA) is 75.6 Å². The van der Waals surface area contributed by atoms with Crippen LogP contribution in [0.3, 0.4) is 0 Å². The van der Waals surface area contributed by atoms with Crippen LogP contribution in [0.1, 0.15) is 20.8 Å². The van der Waals surface area contributed by atoms with Gasteiger partial charge >= 0.3 is 5.97 Å². The minimum Gasteiger partial charge on any atom is -0.480 e. The van der Waals surface area contributed by atoms with E-state index in [0.717, 1.165) is 0 Å². The van der Waals surface area contributed by atoms with E-state index in [9.17, 15) is 14.0 Å². The van der Waals surface area contributed by atoms with Crippen LogP contribution >= 0.6 is 0 Å². The summed E-state index contributed by atoms with van der Waals surface area (Å²) in [5.41, 5.74) is -1.26. The fourth-order valence-electron chi connectivity index (χ4n) is 1.28. The molecule has 0 radical (unpaired) electrons. The number of hydrogen-bond donors (Lipinski definition) is 2. The third kappa shape index (κ3) is 4.24. The maximum Gasteiger partial charge on any atom is 0.325 e. The van der Waals surface area contributed by atoms with Crippen molar-refractivity contribution in [3.8, 4) is 5.75 Å². The van der Waals surface area contributed by atoms with Crippen molar-refractivity contribution in [2.45, 2.75) is 32.4 Å². The van der Waals surface area contributed by atoms with Crippen LogP contribution in [0.25, 0.3) is 0 Å². The van der Waals surface area contributed by atoms with Gasteiger partial charge in [0.15, 0.2) is 5.60 Å². The molecule has 0 saturated carbocycles. The second-order valence-corrected chi connectivity index (χ2v) is 4.60. The van der Waals surface area contributed by atoms with Crippen molar-refractivity contribution in [3.63, 3.8) is 0 Å². The zero-order valence-corrected chi connectivity index (χ0v) is 10.9. The highest BCUT2D eigenvalue weighted by atomic mass is 19.1. The molecule has 0 bridgehead atoms. The maximum absolute atomic E-state index is 12.7. The number of carbonyl (C=O) groups is 2. The van der Waals surface area contributed by atoms with Crippen molar-refractivity contribution in [2.24, 2.45) is 0 Å². The zero-order chi connectivity index (χ0) is 14.6. The first kappa shape index (κ1) is 14.9. The van der Waals surface area contributed by atoms with E-state index in [-0.39, 0.29) is 0 Å². The summed E-state index contributed by atoms with van der Waals surface area (Å²) in [6.45, 7) is 4.36. The molecule has 0 aromatic heterocycles. The van der Waals surface area contributed by atoms with Gasteiger partial charge in [0.2, 0.25) is 0 Å². The lowest BCUT2D eigenvalue weighted by Crippen LogP contribution is -2.51. The van der Waals surface area contributed by atoms with Crippen LogP contribution < -0.4 is 10.1 Å². The lowest BCUT2D eigenvalue weighted by atomic mass is 10.1. The number of halogens is 1. The predicted molar refractivity (Wildman–Crippen MR) is 66.3 cm³/mol. The second kappa shape index (κ2) is 5.69. The summed E-state index contributed by atoms with van der Waals surface area (Å²) in [4.78, 5) is 22.5. The number of rotatable bonds is 5. The van der Waals surface area contributed by atoms with E-state index in [2.05, 4.69) is 5.32 Å². The molecule has 0 spiro atoms. The quantitative estimate of drug-likeness (QED) is 0.850. The monoisotopic (exact) mass is 269 g/mol. The Morgan fingerprint density at radius 1 is 1.32 bits per heavy atom. The first-order valence-corrected chi connectivity index (χ1v) is 5.71. The summed E-state index contributed by atoms with van der Waals surface area (Å²) in [5.74, 6) is -1.78. The van der Waals surface area contributed by atoms with Crippen molar-refractivity contribution in [3.05, 3.63) is 30.1 Å².